The number of hydrogen-bond acceptors (Lipinski definition) is 2. The molecule has 0 saturated carbocycles. The summed E-state index contributed by atoms with van der Waals surface area (Å²) in [6.45, 7) is 4.00. The molecule has 13 heavy (non-hydrogen) atoms. The van der Waals surface area contributed by atoms with Gasteiger partial charge in [-0.25, -0.2) is 0 Å². The number of aromatic amines is 1. The van der Waals surface area contributed by atoms with Crippen LogP contribution in [0.4, 0.5) is 0 Å². The summed E-state index contributed by atoms with van der Waals surface area (Å²) in [6, 6.07) is 12.0. The van der Waals surface area contributed by atoms with Crippen LogP contribution in [0, 0.1) is 0 Å². The molecule has 0 aliphatic heterocycles. The van der Waals surface area contributed by atoms with E-state index in [1.807, 2.05) is 50.2 Å². The zero-order valence-corrected chi connectivity index (χ0v) is 8.01. The van der Waals surface area contributed by atoms with Gasteiger partial charge in [-0.3, -0.25) is 0 Å². The third-order valence-electron chi connectivity index (χ3n) is 0.998. The molecule has 0 aliphatic rings. The standard InChI is InChI=1S/C6H6.C2H3N3.C2H6/c1-2-4-6-5-3-1;1-2-4-5-3-1;1-2/h1-6H;1-2H,(H,3,4,5);1-2H3. The number of hydrogen-bond donors (Lipinski definition) is 1. The van der Waals surface area contributed by atoms with Crippen LogP contribution in [0.1, 0.15) is 13.8 Å². The van der Waals surface area contributed by atoms with Crippen LogP contribution in [-0.2, 0) is 0 Å². The topological polar surface area (TPSA) is 41.6 Å². The Morgan fingerprint density at radius 3 is 1.15 bits per heavy atom. The molecule has 0 fully saturated rings. The average molecular weight is 177 g/mol. The Bertz CT molecular complexity index is 196. The Hall–Kier alpha value is -1.64. The van der Waals surface area contributed by atoms with E-state index in [1.54, 1.807) is 12.4 Å². The highest BCUT2D eigenvalue weighted by atomic mass is 15.3. The number of aromatic nitrogens is 3. The van der Waals surface area contributed by atoms with Crippen LogP contribution >= 0.6 is 0 Å². The monoisotopic (exact) mass is 177 g/mol. The summed E-state index contributed by atoms with van der Waals surface area (Å²) in [6.07, 6.45) is 3.17. The quantitative estimate of drug-likeness (QED) is 0.671. The highest BCUT2D eigenvalue weighted by Gasteiger charge is 1.58. The van der Waals surface area contributed by atoms with E-state index in [9.17, 15) is 0 Å². The molecule has 0 amide bonds. The van der Waals surface area contributed by atoms with Gasteiger partial charge in [0.25, 0.3) is 0 Å². The Morgan fingerprint density at radius 2 is 1.00 bits per heavy atom. The van der Waals surface area contributed by atoms with E-state index in [1.165, 1.54) is 0 Å². The molecular formula is C10H15N3. The van der Waals surface area contributed by atoms with Crippen molar-refractivity contribution >= 4 is 0 Å². The van der Waals surface area contributed by atoms with Crippen molar-refractivity contribution in [1.29, 1.82) is 0 Å². The van der Waals surface area contributed by atoms with E-state index in [0.29, 0.717) is 0 Å². The van der Waals surface area contributed by atoms with Crippen LogP contribution in [0.5, 0.6) is 0 Å². The highest BCUT2D eigenvalue weighted by Crippen LogP contribution is 1.79. The molecule has 3 heteroatoms. The lowest BCUT2D eigenvalue weighted by atomic mass is 10.4. The number of rotatable bonds is 0. The molecule has 1 heterocycles. The van der Waals surface area contributed by atoms with Crippen molar-refractivity contribution in [3.05, 3.63) is 48.8 Å². The van der Waals surface area contributed by atoms with E-state index in [2.05, 4.69) is 15.4 Å². The zero-order valence-electron chi connectivity index (χ0n) is 8.01. The summed E-state index contributed by atoms with van der Waals surface area (Å²) in [5, 5.41) is 9.33. The first kappa shape index (κ1) is 11.4. The fourth-order valence-electron chi connectivity index (χ4n) is 0.552. The largest absolute Gasteiger partial charge is 0.198 e. The fourth-order valence-corrected chi connectivity index (χ4v) is 0.552. The van der Waals surface area contributed by atoms with Crippen molar-refractivity contribution in [2.24, 2.45) is 0 Å². The van der Waals surface area contributed by atoms with Gasteiger partial charge in [0.05, 0.1) is 12.4 Å². The second kappa shape index (κ2) is 10.4. The van der Waals surface area contributed by atoms with Gasteiger partial charge in [0.15, 0.2) is 0 Å². The minimum atomic E-state index is 1.58. The maximum Gasteiger partial charge on any atom is 0.0690 e. The fraction of sp³-hybridized carbons (Fsp3) is 0.200. The summed E-state index contributed by atoms with van der Waals surface area (Å²) in [5.41, 5.74) is 0. The first-order chi connectivity index (χ1) is 6.50. The molecule has 0 unspecified atom stereocenters. The summed E-state index contributed by atoms with van der Waals surface area (Å²) in [7, 11) is 0. The van der Waals surface area contributed by atoms with Gasteiger partial charge < -0.3 is 0 Å². The Morgan fingerprint density at radius 1 is 0.692 bits per heavy atom. The van der Waals surface area contributed by atoms with Crippen LogP contribution in [0.25, 0.3) is 0 Å². The molecule has 0 atom stereocenters. The van der Waals surface area contributed by atoms with Crippen molar-refractivity contribution in [1.82, 2.24) is 15.4 Å². The van der Waals surface area contributed by atoms with Gasteiger partial charge in [0.2, 0.25) is 0 Å². The maximum atomic E-state index is 3.49. The van der Waals surface area contributed by atoms with E-state index >= 15 is 0 Å². The normalized spacial score (nSPS) is 7.23. The second-order valence-electron chi connectivity index (χ2n) is 1.81. The first-order valence-electron chi connectivity index (χ1n) is 4.30. The van der Waals surface area contributed by atoms with Crippen LogP contribution in [0.3, 0.4) is 0 Å². The highest BCUT2D eigenvalue weighted by molar-refractivity contribution is 4.99. The summed E-state index contributed by atoms with van der Waals surface area (Å²) in [4.78, 5) is 0. The van der Waals surface area contributed by atoms with E-state index in [-0.39, 0.29) is 0 Å². The molecule has 1 aromatic carbocycles. The Kier molecular flexibility index (Phi) is 9.05. The lowest BCUT2D eigenvalue weighted by Crippen LogP contribution is -1.61. The van der Waals surface area contributed by atoms with E-state index < -0.39 is 0 Å². The van der Waals surface area contributed by atoms with Crippen molar-refractivity contribution in [3.8, 4) is 0 Å². The average Bonchev–Trinajstić information content (AvgIpc) is 2.82. The van der Waals surface area contributed by atoms with E-state index in [0.717, 1.165) is 0 Å². The van der Waals surface area contributed by atoms with E-state index in [4.69, 9.17) is 0 Å². The Balaban J connectivity index is 0.000000189. The minimum absolute atomic E-state index is 1.58. The van der Waals surface area contributed by atoms with Gasteiger partial charge in [-0.15, -0.1) is 0 Å². The molecule has 2 aromatic rings. The number of nitrogens with one attached hydrogen (secondary N) is 1. The third-order valence-corrected chi connectivity index (χ3v) is 0.998. The van der Waals surface area contributed by atoms with Gasteiger partial charge in [-0.2, -0.15) is 15.4 Å². The molecule has 0 saturated heterocycles. The molecule has 0 spiro atoms. The molecule has 0 aliphatic carbocycles. The number of benzene rings is 1. The predicted octanol–water partition coefficient (Wildman–Crippen LogP) is 2.52. The van der Waals surface area contributed by atoms with Gasteiger partial charge in [-0.1, -0.05) is 50.2 Å². The molecule has 3 nitrogen and oxygen atoms in total. The molecule has 0 bridgehead atoms. The lowest BCUT2D eigenvalue weighted by molar-refractivity contribution is 0.940. The van der Waals surface area contributed by atoms with Crippen molar-refractivity contribution < 1.29 is 0 Å². The van der Waals surface area contributed by atoms with Gasteiger partial charge in [-0.05, 0) is 0 Å². The summed E-state index contributed by atoms with van der Waals surface area (Å²) >= 11 is 0. The second-order valence-corrected chi connectivity index (χ2v) is 1.81. The van der Waals surface area contributed by atoms with Crippen LogP contribution in [-0.4, -0.2) is 15.4 Å². The molecular weight excluding hydrogens is 162 g/mol. The van der Waals surface area contributed by atoms with Crippen LogP contribution < -0.4 is 0 Å². The minimum Gasteiger partial charge on any atom is -0.198 e. The Labute approximate surface area is 78.8 Å². The van der Waals surface area contributed by atoms with Gasteiger partial charge in [0, 0.05) is 0 Å². The molecule has 1 aromatic heterocycles. The number of H-pyrrole nitrogens is 1. The third kappa shape index (κ3) is 8.26. The van der Waals surface area contributed by atoms with Crippen LogP contribution in [0.2, 0.25) is 0 Å². The maximum absolute atomic E-state index is 3.49. The SMILES string of the molecule is CC.c1ccccc1.c1cn[nH]n1. The van der Waals surface area contributed by atoms with Gasteiger partial charge >= 0.3 is 0 Å². The molecule has 0 radical (unpaired) electrons. The lowest BCUT2D eigenvalue weighted by Gasteiger charge is -1.69. The smallest absolute Gasteiger partial charge is 0.0690 e. The van der Waals surface area contributed by atoms with Crippen molar-refractivity contribution in [2.45, 2.75) is 13.8 Å². The number of nitrogens with zero attached hydrogens (tertiary/aromatic N) is 2. The molecule has 1 N–H and O–H groups in total. The first-order valence-corrected chi connectivity index (χ1v) is 4.30. The van der Waals surface area contributed by atoms with Crippen molar-refractivity contribution in [2.75, 3.05) is 0 Å². The summed E-state index contributed by atoms with van der Waals surface area (Å²) in [5.74, 6) is 0. The molecule has 70 valence electrons. The summed E-state index contributed by atoms with van der Waals surface area (Å²) < 4.78 is 0. The zero-order chi connectivity index (χ0) is 9.78. The van der Waals surface area contributed by atoms with Gasteiger partial charge in [0.1, 0.15) is 0 Å². The van der Waals surface area contributed by atoms with Crippen LogP contribution in [0.15, 0.2) is 48.8 Å². The predicted molar refractivity (Wildman–Crippen MR) is 54.2 cm³/mol. The molecule has 2 rings (SSSR count). The van der Waals surface area contributed by atoms with Crippen molar-refractivity contribution in [3.63, 3.8) is 0 Å².